The van der Waals surface area contributed by atoms with Crippen LogP contribution in [0, 0.1) is 5.92 Å². The number of hydrogen-bond donors (Lipinski definition) is 1. The predicted octanol–water partition coefficient (Wildman–Crippen LogP) is 3.42. The van der Waals surface area contributed by atoms with Crippen molar-refractivity contribution in [3.63, 3.8) is 0 Å². The first-order chi connectivity index (χ1) is 8.75. The summed E-state index contributed by atoms with van der Waals surface area (Å²) in [5.74, 6) is 0.970. The van der Waals surface area contributed by atoms with Gasteiger partial charge >= 0.3 is 0 Å². The second-order valence-corrected chi connectivity index (χ2v) is 6.65. The lowest BCUT2D eigenvalue weighted by Gasteiger charge is -2.33. The smallest absolute Gasteiger partial charge is 0.00672 e. The van der Waals surface area contributed by atoms with Crippen LogP contribution in [0.2, 0.25) is 0 Å². The first-order valence-electron chi connectivity index (χ1n) is 8.23. The third-order valence-electron chi connectivity index (χ3n) is 5.01. The molecule has 2 fully saturated rings. The largest absolute Gasteiger partial charge is 0.314 e. The van der Waals surface area contributed by atoms with Gasteiger partial charge in [0.05, 0.1) is 0 Å². The van der Waals surface area contributed by atoms with E-state index < -0.39 is 0 Å². The van der Waals surface area contributed by atoms with E-state index in [1.54, 1.807) is 0 Å². The lowest BCUT2D eigenvalue weighted by Crippen LogP contribution is -2.40. The molecular formula is C16H32N2. The van der Waals surface area contributed by atoms with E-state index in [-0.39, 0.29) is 0 Å². The van der Waals surface area contributed by atoms with E-state index in [0.29, 0.717) is 0 Å². The molecule has 1 atom stereocenters. The maximum absolute atomic E-state index is 3.77. The van der Waals surface area contributed by atoms with Crippen LogP contribution in [0.4, 0.5) is 0 Å². The van der Waals surface area contributed by atoms with Crippen molar-refractivity contribution in [1.29, 1.82) is 0 Å². The molecule has 0 radical (unpaired) electrons. The fraction of sp³-hybridized carbons (Fsp3) is 1.00. The molecule has 1 aliphatic heterocycles. The molecule has 0 aromatic rings. The minimum Gasteiger partial charge on any atom is -0.314 e. The molecule has 2 aliphatic rings. The number of nitrogens with zero attached hydrogens (tertiary/aromatic N) is 1. The maximum atomic E-state index is 3.77. The van der Waals surface area contributed by atoms with Crippen molar-refractivity contribution in [3.05, 3.63) is 0 Å². The van der Waals surface area contributed by atoms with Gasteiger partial charge in [-0.3, -0.25) is 0 Å². The Labute approximate surface area is 114 Å². The topological polar surface area (TPSA) is 15.3 Å². The Bertz CT molecular complexity index is 221. The molecule has 1 saturated heterocycles. The van der Waals surface area contributed by atoms with Crippen molar-refractivity contribution in [2.24, 2.45) is 5.92 Å². The molecule has 106 valence electrons. The van der Waals surface area contributed by atoms with Gasteiger partial charge in [0.25, 0.3) is 0 Å². The van der Waals surface area contributed by atoms with Gasteiger partial charge in [-0.2, -0.15) is 0 Å². The molecule has 1 aliphatic carbocycles. The minimum absolute atomic E-state index is 0.819. The fourth-order valence-electron chi connectivity index (χ4n) is 3.54. The van der Waals surface area contributed by atoms with Crippen molar-refractivity contribution in [1.82, 2.24) is 10.2 Å². The summed E-state index contributed by atoms with van der Waals surface area (Å²) in [7, 11) is 0. The number of hydrogen-bond acceptors (Lipinski definition) is 2. The molecule has 2 heteroatoms. The van der Waals surface area contributed by atoms with Crippen LogP contribution in [0.1, 0.15) is 65.2 Å². The molecule has 0 bridgehead atoms. The lowest BCUT2D eigenvalue weighted by molar-refractivity contribution is 0.157. The summed E-state index contributed by atoms with van der Waals surface area (Å²) >= 11 is 0. The summed E-state index contributed by atoms with van der Waals surface area (Å²) in [6.45, 7) is 8.66. The molecule has 0 aromatic heterocycles. The minimum atomic E-state index is 0.819. The molecule has 2 nitrogen and oxygen atoms in total. The SMILES string of the molecule is CC1CCC(NCCCN2CCCCC2C)CC1. The molecule has 0 aromatic carbocycles. The van der Waals surface area contributed by atoms with Crippen molar-refractivity contribution in [3.8, 4) is 0 Å². The highest BCUT2D eigenvalue weighted by Gasteiger charge is 2.19. The van der Waals surface area contributed by atoms with Gasteiger partial charge in [-0.1, -0.05) is 13.3 Å². The van der Waals surface area contributed by atoms with Crippen LogP contribution in [0.15, 0.2) is 0 Å². The van der Waals surface area contributed by atoms with E-state index in [4.69, 9.17) is 0 Å². The molecular weight excluding hydrogens is 220 g/mol. The average Bonchev–Trinajstić information content (AvgIpc) is 2.39. The highest BCUT2D eigenvalue weighted by Crippen LogP contribution is 2.23. The second-order valence-electron chi connectivity index (χ2n) is 6.65. The summed E-state index contributed by atoms with van der Waals surface area (Å²) in [4.78, 5) is 2.69. The Morgan fingerprint density at radius 2 is 1.78 bits per heavy atom. The molecule has 1 heterocycles. The molecule has 0 amide bonds. The van der Waals surface area contributed by atoms with E-state index in [0.717, 1.165) is 18.0 Å². The van der Waals surface area contributed by atoms with Crippen LogP contribution in [-0.2, 0) is 0 Å². The summed E-state index contributed by atoms with van der Waals surface area (Å²) in [5.41, 5.74) is 0. The van der Waals surface area contributed by atoms with Gasteiger partial charge < -0.3 is 10.2 Å². The zero-order chi connectivity index (χ0) is 12.8. The van der Waals surface area contributed by atoms with Gasteiger partial charge in [-0.05, 0) is 77.4 Å². The normalized spacial score (nSPS) is 34.7. The number of likely N-dealkylation sites (tertiary alicyclic amines) is 1. The summed E-state index contributed by atoms with van der Waals surface area (Å²) < 4.78 is 0. The highest BCUT2D eigenvalue weighted by molar-refractivity contribution is 4.76. The molecule has 0 spiro atoms. The van der Waals surface area contributed by atoms with Crippen LogP contribution < -0.4 is 5.32 Å². The first kappa shape index (κ1) is 14.3. The van der Waals surface area contributed by atoms with Crippen molar-refractivity contribution in [2.45, 2.75) is 77.3 Å². The molecule has 1 saturated carbocycles. The third kappa shape index (κ3) is 4.55. The molecule has 2 rings (SSSR count). The van der Waals surface area contributed by atoms with Gasteiger partial charge in [0.1, 0.15) is 0 Å². The van der Waals surface area contributed by atoms with Crippen LogP contribution in [0.3, 0.4) is 0 Å². The highest BCUT2D eigenvalue weighted by atomic mass is 15.2. The Morgan fingerprint density at radius 3 is 2.50 bits per heavy atom. The van der Waals surface area contributed by atoms with E-state index in [2.05, 4.69) is 24.1 Å². The number of rotatable bonds is 5. The van der Waals surface area contributed by atoms with Gasteiger partial charge in [-0.15, -0.1) is 0 Å². The van der Waals surface area contributed by atoms with Gasteiger partial charge in [0, 0.05) is 12.1 Å². The Morgan fingerprint density at radius 1 is 1.00 bits per heavy atom. The first-order valence-corrected chi connectivity index (χ1v) is 8.23. The molecule has 18 heavy (non-hydrogen) atoms. The Hall–Kier alpha value is -0.0800. The standard InChI is InChI=1S/C16H32N2/c1-14-7-9-16(10-8-14)17-11-5-13-18-12-4-3-6-15(18)2/h14-17H,3-13H2,1-2H3. The molecule has 1 unspecified atom stereocenters. The number of piperidine rings is 1. The van der Waals surface area contributed by atoms with Crippen LogP contribution >= 0.6 is 0 Å². The Kier molecular flexibility index (Phi) is 5.97. The predicted molar refractivity (Wildman–Crippen MR) is 78.9 cm³/mol. The summed E-state index contributed by atoms with van der Waals surface area (Å²) in [6, 6.07) is 1.65. The Balaban J connectivity index is 1.53. The van der Waals surface area contributed by atoms with Crippen molar-refractivity contribution in [2.75, 3.05) is 19.6 Å². The van der Waals surface area contributed by atoms with E-state index in [9.17, 15) is 0 Å². The van der Waals surface area contributed by atoms with E-state index >= 15 is 0 Å². The zero-order valence-corrected chi connectivity index (χ0v) is 12.5. The van der Waals surface area contributed by atoms with Crippen molar-refractivity contribution >= 4 is 0 Å². The van der Waals surface area contributed by atoms with Crippen LogP contribution in [-0.4, -0.2) is 36.6 Å². The van der Waals surface area contributed by atoms with E-state index in [1.165, 1.54) is 71.0 Å². The average molecular weight is 252 g/mol. The van der Waals surface area contributed by atoms with Gasteiger partial charge in [0.2, 0.25) is 0 Å². The number of nitrogens with one attached hydrogen (secondary N) is 1. The van der Waals surface area contributed by atoms with Gasteiger partial charge in [0.15, 0.2) is 0 Å². The van der Waals surface area contributed by atoms with Gasteiger partial charge in [-0.25, -0.2) is 0 Å². The monoisotopic (exact) mass is 252 g/mol. The van der Waals surface area contributed by atoms with E-state index in [1.807, 2.05) is 0 Å². The molecule has 1 N–H and O–H groups in total. The lowest BCUT2D eigenvalue weighted by atomic mass is 9.87. The zero-order valence-electron chi connectivity index (χ0n) is 12.5. The van der Waals surface area contributed by atoms with Crippen LogP contribution in [0.5, 0.6) is 0 Å². The van der Waals surface area contributed by atoms with Crippen molar-refractivity contribution < 1.29 is 0 Å². The van der Waals surface area contributed by atoms with Crippen LogP contribution in [0.25, 0.3) is 0 Å². The second kappa shape index (κ2) is 7.49. The maximum Gasteiger partial charge on any atom is 0.00672 e. The summed E-state index contributed by atoms with van der Waals surface area (Å²) in [6.07, 6.45) is 11.3. The fourth-order valence-corrected chi connectivity index (χ4v) is 3.54. The summed E-state index contributed by atoms with van der Waals surface area (Å²) in [5, 5.41) is 3.77. The third-order valence-corrected chi connectivity index (χ3v) is 5.01. The quantitative estimate of drug-likeness (QED) is 0.754.